The molecule has 21 heavy (non-hydrogen) atoms. The molecule has 0 bridgehead atoms. The Kier molecular flexibility index (Phi) is 6.75. The van der Waals surface area contributed by atoms with Crippen LogP contribution in [0.5, 0.6) is 0 Å². The van der Waals surface area contributed by atoms with E-state index in [9.17, 15) is 5.11 Å². The second-order valence-corrected chi connectivity index (χ2v) is 6.54. The number of hydrogen-bond acceptors (Lipinski definition) is 4. The van der Waals surface area contributed by atoms with E-state index in [0.29, 0.717) is 5.02 Å². The van der Waals surface area contributed by atoms with Crippen molar-refractivity contribution in [1.82, 2.24) is 10.2 Å². The molecule has 1 heterocycles. The first-order chi connectivity index (χ1) is 9.45. The van der Waals surface area contributed by atoms with Gasteiger partial charge in [0.25, 0.3) is 0 Å². The van der Waals surface area contributed by atoms with Gasteiger partial charge >= 0.3 is 0 Å². The van der Waals surface area contributed by atoms with Crippen molar-refractivity contribution < 1.29 is 5.11 Å². The summed E-state index contributed by atoms with van der Waals surface area (Å²) in [6.07, 6.45) is 0. The molecule has 1 fully saturated rings. The van der Waals surface area contributed by atoms with Crippen molar-refractivity contribution in [1.29, 1.82) is 0 Å². The molecule has 1 aromatic carbocycles. The van der Waals surface area contributed by atoms with Gasteiger partial charge in [-0.1, -0.05) is 25.4 Å². The van der Waals surface area contributed by atoms with E-state index in [0.717, 1.165) is 37.4 Å². The maximum absolute atomic E-state index is 9.80. The average molecular weight is 334 g/mol. The van der Waals surface area contributed by atoms with E-state index in [1.165, 1.54) is 0 Å². The number of nitrogens with one attached hydrogen (secondary N) is 1. The molecule has 0 unspecified atom stereocenters. The van der Waals surface area contributed by atoms with Gasteiger partial charge in [-0.2, -0.15) is 0 Å². The predicted molar refractivity (Wildman–Crippen MR) is 91.2 cm³/mol. The molecule has 6 heteroatoms. The summed E-state index contributed by atoms with van der Waals surface area (Å²) in [5, 5.41) is 13.8. The molecule has 0 spiro atoms. The highest BCUT2D eigenvalue weighted by Crippen LogP contribution is 2.41. The number of rotatable bonds is 4. The largest absolute Gasteiger partial charge is 0.398 e. The Balaban J connectivity index is 0.00000220. The van der Waals surface area contributed by atoms with E-state index in [-0.39, 0.29) is 30.5 Å². The Bertz CT molecular complexity index is 462. The van der Waals surface area contributed by atoms with Crippen LogP contribution in [0.25, 0.3) is 0 Å². The molecular formula is C15H25Cl2N3O. The van der Waals surface area contributed by atoms with E-state index in [1.807, 2.05) is 12.1 Å². The molecule has 4 nitrogen and oxygen atoms in total. The Morgan fingerprint density at radius 3 is 2.57 bits per heavy atom. The van der Waals surface area contributed by atoms with Crippen LogP contribution >= 0.6 is 24.0 Å². The number of aliphatic hydroxyl groups excluding tert-OH is 1. The molecule has 0 aliphatic carbocycles. The lowest BCUT2D eigenvalue weighted by atomic mass is 9.79. The van der Waals surface area contributed by atoms with Gasteiger partial charge in [-0.05, 0) is 23.8 Å². The van der Waals surface area contributed by atoms with Crippen LogP contribution in [0.2, 0.25) is 5.02 Å². The zero-order chi connectivity index (χ0) is 14.8. The van der Waals surface area contributed by atoms with Crippen molar-refractivity contribution in [3.05, 3.63) is 28.8 Å². The van der Waals surface area contributed by atoms with Crippen LogP contribution < -0.4 is 11.1 Å². The quantitative estimate of drug-likeness (QED) is 0.740. The van der Waals surface area contributed by atoms with Crippen molar-refractivity contribution in [3.63, 3.8) is 0 Å². The maximum atomic E-state index is 9.80. The number of anilines is 1. The summed E-state index contributed by atoms with van der Waals surface area (Å²) < 4.78 is 0. The highest BCUT2D eigenvalue weighted by Gasteiger charge is 2.36. The SMILES string of the molecule is CC(C)(CO)[C@@H](c1cc(Cl)ccc1N)N1CCNCC1.Cl. The molecular weight excluding hydrogens is 309 g/mol. The van der Waals surface area contributed by atoms with Gasteiger partial charge in [-0.3, -0.25) is 4.90 Å². The summed E-state index contributed by atoms with van der Waals surface area (Å²) in [7, 11) is 0. The minimum atomic E-state index is -0.282. The van der Waals surface area contributed by atoms with Gasteiger partial charge < -0.3 is 16.2 Å². The van der Waals surface area contributed by atoms with Crippen LogP contribution in [-0.2, 0) is 0 Å². The van der Waals surface area contributed by atoms with Crippen LogP contribution in [0.4, 0.5) is 5.69 Å². The van der Waals surface area contributed by atoms with Gasteiger partial charge in [0, 0.05) is 55.0 Å². The smallest absolute Gasteiger partial charge is 0.0500 e. The fraction of sp³-hybridized carbons (Fsp3) is 0.600. The molecule has 1 aromatic rings. The molecule has 0 saturated carbocycles. The van der Waals surface area contributed by atoms with Gasteiger partial charge in [-0.25, -0.2) is 0 Å². The lowest BCUT2D eigenvalue weighted by Gasteiger charge is -2.44. The van der Waals surface area contributed by atoms with Crippen LogP contribution in [0, 0.1) is 5.41 Å². The van der Waals surface area contributed by atoms with Crippen LogP contribution in [-0.4, -0.2) is 42.8 Å². The summed E-state index contributed by atoms with van der Waals surface area (Å²) in [4.78, 5) is 2.38. The zero-order valence-electron chi connectivity index (χ0n) is 12.6. The van der Waals surface area contributed by atoms with Crippen molar-refractivity contribution >= 4 is 29.7 Å². The van der Waals surface area contributed by atoms with Gasteiger partial charge in [0.2, 0.25) is 0 Å². The molecule has 1 saturated heterocycles. The number of nitrogens with two attached hydrogens (primary N) is 1. The van der Waals surface area contributed by atoms with Gasteiger partial charge in [-0.15, -0.1) is 12.4 Å². The first-order valence-corrected chi connectivity index (χ1v) is 7.44. The van der Waals surface area contributed by atoms with E-state index in [2.05, 4.69) is 24.1 Å². The number of nitrogen functional groups attached to an aromatic ring is 1. The molecule has 1 atom stereocenters. The van der Waals surface area contributed by atoms with E-state index in [1.54, 1.807) is 6.07 Å². The Morgan fingerprint density at radius 2 is 2.00 bits per heavy atom. The third-order valence-corrected chi connectivity index (χ3v) is 4.24. The average Bonchev–Trinajstić information content (AvgIpc) is 2.44. The molecule has 0 aromatic heterocycles. The number of nitrogens with zero attached hydrogens (tertiary/aromatic N) is 1. The van der Waals surface area contributed by atoms with Crippen molar-refractivity contribution in [2.24, 2.45) is 5.41 Å². The van der Waals surface area contributed by atoms with E-state index >= 15 is 0 Å². The van der Waals surface area contributed by atoms with Crippen LogP contribution in [0.1, 0.15) is 25.5 Å². The number of piperazine rings is 1. The molecule has 1 aliphatic heterocycles. The Labute approximate surface area is 138 Å². The first-order valence-electron chi connectivity index (χ1n) is 7.06. The maximum Gasteiger partial charge on any atom is 0.0500 e. The van der Waals surface area contributed by atoms with E-state index < -0.39 is 0 Å². The normalized spacial score (nSPS) is 18.1. The lowest BCUT2D eigenvalue weighted by molar-refractivity contribution is 0.0309. The zero-order valence-corrected chi connectivity index (χ0v) is 14.2. The van der Waals surface area contributed by atoms with E-state index in [4.69, 9.17) is 17.3 Å². The number of halogens is 2. The topological polar surface area (TPSA) is 61.5 Å². The summed E-state index contributed by atoms with van der Waals surface area (Å²) in [5.74, 6) is 0. The standard InChI is InChI=1S/C15H24ClN3O.ClH/c1-15(2,10-20)14(19-7-5-18-6-8-19)12-9-11(16)3-4-13(12)17;/h3-4,9,14,18,20H,5-8,10,17H2,1-2H3;1H/t14-;/m1./s1. The summed E-state index contributed by atoms with van der Waals surface area (Å²) in [5.41, 5.74) is 7.63. The van der Waals surface area contributed by atoms with Gasteiger partial charge in [0.05, 0.1) is 0 Å². The highest BCUT2D eigenvalue weighted by atomic mass is 35.5. The first kappa shape index (κ1) is 18.5. The molecule has 1 aliphatic rings. The lowest BCUT2D eigenvalue weighted by Crippen LogP contribution is -2.49. The Morgan fingerprint density at radius 1 is 1.38 bits per heavy atom. The fourth-order valence-corrected chi connectivity index (χ4v) is 3.10. The van der Waals surface area contributed by atoms with Gasteiger partial charge in [0.15, 0.2) is 0 Å². The fourth-order valence-electron chi connectivity index (χ4n) is 2.92. The molecule has 2 rings (SSSR count). The third kappa shape index (κ3) is 4.24. The number of hydrogen-bond donors (Lipinski definition) is 3. The molecule has 0 amide bonds. The minimum Gasteiger partial charge on any atom is -0.398 e. The third-order valence-electron chi connectivity index (χ3n) is 4.01. The molecule has 4 N–H and O–H groups in total. The second kappa shape index (κ2) is 7.65. The minimum absolute atomic E-state index is 0. The van der Waals surface area contributed by atoms with Crippen molar-refractivity contribution in [2.45, 2.75) is 19.9 Å². The molecule has 120 valence electrons. The van der Waals surface area contributed by atoms with Gasteiger partial charge in [0.1, 0.15) is 0 Å². The number of benzene rings is 1. The summed E-state index contributed by atoms with van der Waals surface area (Å²) in [6, 6.07) is 5.65. The highest BCUT2D eigenvalue weighted by molar-refractivity contribution is 6.30. The van der Waals surface area contributed by atoms with Crippen LogP contribution in [0.3, 0.4) is 0 Å². The van der Waals surface area contributed by atoms with Crippen molar-refractivity contribution in [2.75, 3.05) is 38.5 Å². The van der Waals surface area contributed by atoms with Crippen molar-refractivity contribution in [3.8, 4) is 0 Å². The number of aliphatic hydroxyl groups is 1. The monoisotopic (exact) mass is 333 g/mol. The van der Waals surface area contributed by atoms with Crippen LogP contribution in [0.15, 0.2) is 18.2 Å². The Hall–Kier alpha value is -0.520. The summed E-state index contributed by atoms with van der Waals surface area (Å²) >= 11 is 6.14. The predicted octanol–water partition coefficient (Wildman–Crippen LogP) is 2.31. The molecule has 0 radical (unpaired) electrons. The second-order valence-electron chi connectivity index (χ2n) is 6.11. The summed E-state index contributed by atoms with van der Waals surface area (Å²) in [6.45, 7) is 8.05.